The predicted molar refractivity (Wildman–Crippen MR) is 91.0 cm³/mol. The number of aromatic nitrogens is 5. The molecule has 0 unspecified atom stereocenters. The Labute approximate surface area is 144 Å². The molecule has 3 aromatic rings. The fraction of sp³-hybridized carbons (Fsp3) is 0.412. The summed E-state index contributed by atoms with van der Waals surface area (Å²) < 4.78 is 7.69. The van der Waals surface area contributed by atoms with Gasteiger partial charge in [-0.2, -0.15) is 5.10 Å². The maximum absolute atomic E-state index is 12.6. The van der Waals surface area contributed by atoms with Crippen molar-refractivity contribution in [2.75, 3.05) is 13.2 Å². The summed E-state index contributed by atoms with van der Waals surface area (Å²) in [6.07, 6.45) is 4.24. The summed E-state index contributed by atoms with van der Waals surface area (Å²) in [4.78, 5) is 24.2. The van der Waals surface area contributed by atoms with Crippen LogP contribution in [-0.2, 0) is 11.8 Å². The largest absolute Gasteiger partial charge is 0.372 e. The Balaban J connectivity index is 1.49. The number of fused-ring (bicyclic) bond motifs is 1. The van der Waals surface area contributed by atoms with E-state index in [0.29, 0.717) is 29.9 Å². The number of nitrogens with one attached hydrogen (secondary N) is 2. The maximum atomic E-state index is 12.6. The van der Waals surface area contributed by atoms with Gasteiger partial charge in [0, 0.05) is 38.5 Å². The van der Waals surface area contributed by atoms with Crippen molar-refractivity contribution in [3.05, 3.63) is 41.6 Å². The van der Waals surface area contributed by atoms with E-state index >= 15 is 0 Å². The van der Waals surface area contributed by atoms with Crippen LogP contribution in [0.2, 0.25) is 0 Å². The summed E-state index contributed by atoms with van der Waals surface area (Å²) in [6.45, 7) is 3.08. The fourth-order valence-electron chi connectivity index (χ4n) is 3.37. The van der Waals surface area contributed by atoms with E-state index in [0.717, 1.165) is 17.9 Å². The van der Waals surface area contributed by atoms with Gasteiger partial charge in [-0.05, 0) is 25.5 Å². The van der Waals surface area contributed by atoms with Crippen LogP contribution in [0.4, 0.5) is 0 Å². The van der Waals surface area contributed by atoms with Crippen LogP contribution in [0.1, 0.15) is 34.4 Å². The number of aryl methyl sites for hydroxylation is 2. The minimum atomic E-state index is -0.133. The zero-order valence-corrected chi connectivity index (χ0v) is 14.2. The molecule has 0 radical (unpaired) electrons. The summed E-state index contributed by atoms with van der Waals surface area (Å²) >= 11 is 0. The average Bonchev–Trinajstić information content (AvgIpc) is 3.30. The van der Waals surface area contributed by atoms with Crippen molar-refractivity contribution in [3.8, 4) is 0 Å². The Morgan fingerprint density at radius 1 is 1.44 bits per heavy atom. The average molecular weight is 340 g/mol. The second-order valence-electron chi connectivity index (χ2n) is 6.31. The van der Waals surface area contributed by atoms with E-state index in [4.69, 9.17) is 4.74 Å². The standard InChI is InChI=1S/C17H20N6O2/c1-10-21-14-12(3-6-18-16(14)22-10)17(24)19-9-11-5-8-25-15(11)13-4-7-20-23(13)2/h3-4,6-7,11,15H,5,8-9H2,1-2H3,(H,19,24)(H,18,21,22)/t11-,15+/m0/s1. The smallest absolute Gasteiger partial charge is 0.253 e. The van der Waals surface area contributed by atoms with E-state index in [9.17, 15) is 4.79 Å². The molecular formula is C17H20N6O2. The first-order valence-electron chi connectivity index (χ1n) is 8.32. The molecule has 1 aliphatic rings. The van der Waals surface area contributed by atoms with E-state index in [1.165, 1.54) is 0 Å². The third-order valence-corrected chi connectivity index (χ3v) is 4.64. The predicted octanol–water partition coefficient (Wildman–Crippen LogP) is 1.51. The Morgan fingerprint density at radius 3 is 3.12 bits per heavy atom. The zero-order chi connectivity index (χ0) is 17.4. The van der Waals surface area contributed by atoms with Gasteiger partial charge in [0.1, 0.15) is 11.9 Å². The third-order valence-electron chi connectivity index (χ3n) is 4.64. The SMILES string of the molecule is Cc1nc2nccc(C(=O)NC[C@@H]3CCO[C@H]3c3ccnn3C)c2[nH]1. The van der Waals surface area contributed by atoms with Gasteiger partial charge in [-0.3, -0.25) is 9.48 Å². The lowest BCUT2D eigenvalue weighted by Gasteiger charge is -2.19. The van der Waals surface area contributed by atoms with Crippen LogP contribution in [0, 0.1) is 12.8 Å². The fourth-order valence-corrected chi connectivity index (χ4v) is 3.37. The number of H-pyrrole nitrogens is 1. The van der Waals surface area contributed by atoms with Gasteiger partial charge >= 0.3 is 0 Å². The molecule has 3 aromatic heterocycles. The molecule has 25 heavy (non-hydrogen) atoms. The van der Waals surface area contributed by atoms with Gasteiger partial charge in [0.05, 0.1) is 16.8 Å². The second-order valence-corrected chi connectivity index (χ2v) is 6.31. The first-order valence-corrected chi connectivity index (χ1v) is 8.32. The molecule has 1 saturated heterocycles. The van der Waals surface area contributed by atoms with E-state index in [1.54, 1.807) is 18.5 Å². The number of nitrogens with zero attached hydrogens (tertiary/aromatic N) is 4. The highest BCUT2D eigenvalue weighted by Crippen LogP contribution is 2.33. The normalized spacial score (nSPS) is 20.2. The molecule has 1 aliphatic heterocycles. The Hall–Kier alpha value is -2.74. The summed E-state index contributed by atoms with van der Waals surface area (Å²) in [6, 6.07) is 3.67. The van der Waals surface area contributed by atoms with Gasteiger partial charge in [0.2, 0.25) is 0 Å². The molecule has 0 aromatic carbocycles. The first kappa shape index (κ1) is 15.8. The molecule has 2 atom stereocenters. The van der Waals surface area contributed by atoms with Gasteiger partial charge < -0.3 is 15.0 Å². The number of hydrogen-bond donors (Lipinski definition) is 2. The summed E-state index contributed by atoms with van der Waals surface area (Å²) in [5.41, 5.74) is 2.82. The highest BCUT2D eigenvalue weighted by atomic mass is 16.5. The van der Waals surface area contributed by atoms with Crippen molar-refractivity contribution in [1.82, 2.24) is 30.0 Å². The van der Waals surface area contributed by atoms with Crippen molar-refractivity contribution >= 4 is 17.1 Å². The highest BCUT2D eigenvalue weighted by molar-refractivity contribution is 6.03. The Kier molecular flexibility index (Phi) is 3.96. The van der Waals surface area contributed by atoms with Crippen molar-refractivity contribution in [2.45, 2.75) is 19.4 Å². The summed E-state index contributed by atoms with van der Waals surface area (Å²) in [5, 5.41) is 7.24. The number of rotatable bonds is 4. The van der Waals surface area contributed by atoms with Crippen molar-refractivity contribution < 1.29 is 9.53 Å². The molecule has 0 saturated carbocycles. The van der Waals surface area contributed by atoms with Crippen LogP contribution in [-0.4, -0.2) is 43.8 Å². The lowest BCUT2D eigenvalue weighted by atomic mass is 9.98. The number of pyridine rings is 1. The first-order chi connectivity index (χ1) is 12.1. The number of carbonyl (C=O) groups is 1. The van der Waals surface area contributed by atoms with Crippen LogP contribution < -0.4 is 5.32 Å². The van der Waals surface area contributed by atoms with Crippen LogP contribution in [0.25, 0.3) is 11.2 Å². The third kappa shape index (κ3) is 2.89. The zero-order valence-electron chi connectivity index (χ0n) is 14.2. The van der Waals surface area contributed by atoms with E-state index in [1.807, 2.05) is 24.7 Å². The number of imidazole rings is 1. The second kappa shape index (κ2) is 6.29. The van der Waals surface area contributed by atoms with Crippen LogP contribution in [0.15, 0.2) is 24.5 Å². The molecule has 8 heteroatoms. The molecule has 130 valence electrons. The Morgan fingerprint density at radius 2 is 2.32 bits per heavy atom. The Bertz CT molecular complexity index is 915. The van der Waals surface area contributed by atoms with Gasteiger partial charge in [-0.1, -0.05) is 0 Å². The molecule has 0 aliphatic carbocycles. The van der Waals surface area contributed by atoms with Gasteiger partial charge in [-0.25, -0.2) is 9.97 Å². The number of ether oxygens (including phenoxy) is 1. The summed E-state index contributed by atoms with van der Waals surface area (Å²) in [7, 11) is 1.90. The molecule has 4 heterocycles. The lowest BCUT2D eigenvalue weighted by molar-refractivity contribution is 0.0801. The van der Waals surface area contributed by atoms with Crippen LogP contribution in [0.5, 0.6) is 0 Å². The van der Waals surface area contributed by atoms with Crippen molar-refractivity contribution in [2.24, 2.45) is 13.0 Å². The molecule has 1 amide bonds. The molecule has 0 bridgehead atoms. The van der Waals surface area contributed by atoms with Gasteiger partial charge in [-0.15, -0.1) is 0 Å². The number of carbonyl (C=O) groups excluding carboxylic acids is 1. The van der Waals surface area contributed by atoms with E-state index in [2.05, 4.69) is 25.4 Å². The minimum Gasteiger partial charge on any atom is -0.372 e. The molecule has 2 N–H and O–H groups in total. The summed E-state index contributed by atoms with van der Waals surface area (Å²) in [5.74, 6) is 0.829. The number of amides is 1. The molecule has 0 spiro atoms. The van der Waals surface area contributed by atoms with E-state index < -0.39 is 0 Å². The van der Waals surface area contributed by atoms with E-state index in [-0.39, 0.29) is 17.9 Å². The topological polar surface area (TPSA) is 97.7 Å². The maximum Gasteiger partial charge on any atom is 0.253 e. The molecular weight excluding hydrogens is 320 g/mol. The number of aromatic amines is 1. The molecule has 8 nitrogen and oxygen atoms in total. The molecule has 4 rings (SSSR count). The van der Waals surface area contributed by atoms with Crippen molar-refractivity contribution in [3.63, 3.8) is 0 Å². The van der Waals surface area contributed by atoms with Crippen molar-refractivity contribution in [1.29, 1.82) is 0 Å². The number of hydrogen-bond acceptors (Lipinski definition) is 5. The monoisotopic (exact) mass is 340 g/mol. The van der Waals surface area contributed by atoms with Crippen LogP contribution in [0.3, 0.4) is 0 Å². The lowest BCUT2D eigenvalue weighted by Crippen LogP contribution is -2.31. The molecule has 1 fully saturated rings. The highest BCUT2D eigenvalue weighted by Gasteiger charge is 2.32. The minimum absolute atomic E-state index is 0.0420. The van der Waals surface area contributed by atoms with Gasteiger partial charge in [0.25, 0.3) is 5.91 Å². The van der Waals surface area contributed by atoms with Gasteiger partial charge in [0.15, 0.2) is 5.65 Å². The van der Waals surface area contributed by atoms with Crippen LogP contribution >= 0.6 is 0 Å². The quantitative estimate of drug-likeness (QED) is 0.750.